The van der Waals surface area contributed by atoms with Crippen molar-refractivity contribution >= 4 is 50.7 Å². The van der Waals surface area contributed by atoms with Crippen LogP contribution >= 0.6 is 11.8 Å². The molecule has 0 atom stereocenters. The molecule has 0 fully saturated rings. The fraction of sp³-hybridized carbons (Fsp3) is 0.231. The average Bonchev–Trinajstić information content (AvgIpc) is 3.40. The lowest BCUT2D eigenvalue weighted by molar-refractivity contribution is -0.114. The van der Waals surface area contributed by atoms with Gasteiger partial charge >= 0.3 is 0 Å². The smallest absolute Gasteiger partial charge is 0.283 e. The number of nitrogens with zero attached hydrogens (tertiary/aromatic N) is 4. The van der Waals surface area contributed by atoms with Gasteiger partial charge in [-0.1, -0.05) is 31.2 Å². The van der Waals surface area contributed by atoms with Crippen LogP contribution < -0.4 is 4.74 Å². The van der Waals surface area contributed by atoms with E-state index < -0.39 is 5.91 Å². The largest absolute Gasteiger partial charge is 0.492 e. The summed E-state index contributed by atoms with van der Waals surface area (Å²) in [5.74, 6) is 0.499. The van der Waals surface area contributed by atoms with Crippen LogP contribution in [0.15, 0.2) is 64.3 Å². The Morgan fingerprint density at radius 3 is 2.76 bits per heavy atom. The van der Waals surface area contributed by atoms with Gasteiger partial charge in [0, 0.05) is 22.7 Å². The SMILES string of the molecule is CCC1=NN2C(=N)C(=Cc3cn(CCOc4ccc(C)c(C)c4)c4ccccc34)C(=O)N=C2S1. The molecule has 0 aliphatic carbocycles. The standard InChI is InChI=1S/C26H25N5O2S/c1-4-23-29-31-24(27)21(25(32)28-26(31)34-23)14-18-15-30(22-8-6-5-7-20(18)22)11-12-33-19-10-9-16(2)17(3)13-19/h5-10,13-15,27H,4,11-12H2,1-3H3. The zero-order chi connectivity index (χ0) is 23.8. The highest BCUT2D eigenvalue weighted by atomic mass is 32.2. The Kier molecular flexibility index (Phi) is 5.83. The average molecular weight is 472 g/mol. The molecule has 2 aliphatic heterocycles. The molecule has 34 heavy (non-hydrogen) atoms. The summed E-state index contributed by atoms with van der Waals surface area (Å²) in [7, 11) is 0. The molecule has 0 spiro atoms. The van der Waals surface area contributed by atoms with Gasteiger partial charge in [0.2, 0.25) is 5.17 Å². The third kappa shape index (κ3) is 4.05. The minimum atomic E-state index is -0.411. The lowest BCUT2D eigenvalue weighted by Gasteiger charge is -2.20. The van der Waals surface area contributed by atoms with E-state index in [2.05, 4.69) is 40.6 Å². The molecule has 1 amide bonds. The van der Waals surface area contributed by atoms with Gasteiger partial charge in [0.25, 0.3) is 5.91 Å². The molecule has 0 saturated heterocycles. The summed E-state index contributed by atoms with van der Waals surface area (Å²) in [6.45, 7) is 7.32. The van der Waals surface area contributed by atoms with E-state index in [1.54, 1.807) is 6.08 Å². The zero-order valence-corrected chi connectivity index (χ0v) is 20.1. The number of benzene rings is 2. The molecule has 8 heteroatoms. The number of hydrogen-bond donors (Lipinski definition) is 1. The van der Waals surface area contributed by atoms with E-state index in [0.717, 1.165) is 33.7 Å². The number of amidine groups is 2. The van der Waals surface area contributed by atoms with Crippen molar-refractivity contribution in [1.82, 2.24) is 9.58 Å². The number of carbonyl (C=O) groups excluding carboxylic acids is 1. The Balaban J connectivity index is 1.42. The lowest BCUT2D eigenvalue weighted by atomic mass is 10.1. The highest BCUT2D eigenvalue weighted by Crippen LogP contribution is 2.31. The number of aromatic nitrogens is 1. The third-order valence-electron chi connectivity index (χ3n) is 6.00. The fourth-order valence-electron chi connectivity index (χ4n) is 3.97. The highest BCUT2D eigenvalue weighted by molar-refractivity contribution is 8.26. The molecule has 1 N–H and O–H groups in total. The zero-order valence-electron chi connectivity index (χ0n) is 19.3. The molecule has 2 aromatic carbocycles. The van der Waals surface area contributed by atoms with Gasteiger partial charge in [-0.25, -0.2) is 0 Å². The summed E-state index contributed by atoms with van der Waals surface area (Å²) in [5.41, 5.74) is 4.58. The molecule has 1 aromatic heterocycles. The number of hydrogen-bond acceptors (Lipinski definition) is 5. The first kappa shape index (κ1) is 22.2. The minimum absolute atomic E-state index is 0.0563. The first-order chi connectivity index (χ1) is 16.4. The maximum atomic E-state index is 12.8. The summed E-state index contributed by atoms with van der Waals surface area (Å²) in [6.07, 6.45) is 4.48. The van der Waals surface area contributed by atoms with Crippen LogP contribution in [0.1, 0.15) is 30.0 Å². The van der Waals surface area contributed by atoms with Crippen LogP contribution in [-0.4, -0.2) is 38.1 Å². The summed E-state index contributed by atoms with van der Waals surface area (Å²) < 4.78 is 8.11. The Bertz CT molecular complexity index is 1420. The summed E-state index contributed by atoms with van der Waals surface area (Å²) in [5, 5.41) is 16.8. The van der Waals surface area contributed by atoms with Crippen molar-refractivity contribution in [2.75, 3.05) is 6.61 Å². The monoisotopic (exact) mass is 471 g/mol. The van der Waals surface area contributed by atoms with Crippen molar-refractivity contribution in [3.63, 3.8) is 0 Å². The van der Waals surface area contributed by atoms with Crippen molar-refractivity contribution in [2.24, 2.45) is 10.1 Å². The van der Waals surface area contributed by atoms with E-state index in [0.29, 0.717) is 18.3 Å². The van der Waals surface area contributed by atoms with Gasteiger partial charge < -0.3 is 9.30 Å². The number of carbonyl (C=O) groups is 1. The van der Waals surface area contributed by atoms with E-state index in [4.69, 9.17) is 10.1 Å². The van der Waals surface area contributed by atoms with Gasteiger partial charge in [-0.2, -0.15) is 15.1 Å². The molecule has 172 valence electrons. The van der Waals surface area contributed by atoms with Crippen molar-refractivity contribution in [3.8, 4) is 5.75 Å². The predicted octanol–water partition coefficient (Wildman–Crippen LogP) is 5.37. The minimum Gasteiger partial charge on any atom is -0.492 e. The van der Waals surface area contributed by atoms with E-state index in [1.807, 2.05) is 43.5 Å². The Labute approximate surface area is 202 Å². The van der Waals surface area contributed by atoms with Crippen molar-refractivity contribution in [2.45, 2.75) is 33.7 Å². The maximum Gasteiger partial charge on any atom is 0.283 e. The second-order valence-corrected chi connectivity index (χ2v) is 9.30. The predicted molar refractivity (Wildman–Crippen MR) is 139 cm³/mol. The highest BCUT2D eigenvalue weighted by Gasteiger charge is 2.35. The van der Waals surface area contributed by atoms with Crippen LogP contribution in [0.2, 0.25) is 0 Å². The number of ether oxygens (including phenoxy) is 1. The summed E-state index contributed by atoms with van der Waals surface area (Å²) in [4.78, 5) is 16.9. The number of aliphatic imine (C=N–C) groups is 1. The summed E-state index contributed by atoms with van der Waals surface area (Å²) >= 11 is 1.34. The second kappa shape index (κ2) is 8.95. The fourth-order valence-corrected chi connectivity index (χ4v) is 4.80. The quantitative estimate of drug-likeness (QED) is 0.490. The Morgan fingerprint density at radius 2 is 1.97 bits per heavy atom. The molecule has 0 unspecified atom stereocenters. The van der Waals surface area contributed by atoms with E-state index in [9.17, 15) is 4.79 Å². The number of para-hydroxylation sites is 1. The molecular formula is C26H25N5O2S. The van der Waals surface area contributed by atoms with E-state index in [1.165, 1.54) is 27.9 Å². The van der Waals surface area contributed by atoms with Gasteiger partial charge in [0.15, 0.2) is 5.84 Å². The Morgan fingerprint density at radius 1 is 1.15 bits per heavy atom. The van der Waals surface area contributed by atoms with E-state index in [-0.39, 0.29) is 11.4 Å². The van der Waals surface area contributed by atoms with Crippen LogP contribution in [0.5, 0.6) is 5.75 Å². The first-order valence-corrected chi connectivity index (χ1v) is 12.0. The molecule has 0 bridgehead atoms. The molecular weight excluding hydrogens is 446 g/mol. The van der Waals surface area contributed by atoms with Gasteiger partial charge in [0.05, 0.1) is 12.1 Å². The van der Waals surface area contributed by atoms with E-state index >= 15 is 0 Å². The van der Waals surface area contributed by atoms with Crippen LogP contribution in [0.4, 0.5) is 0 Å². The molecule has 5 rings (SSSR count). The van der Waals surface area contributed by atoms with Crippen molar-refractivity contribution in [1.29, 1.82) is 5.41 Å². The number of fused-ring (bicyclic) bond motifs is 2. The van der Waals surface area contributed by atoms with Crippen LogP contribution in [0.3, 0.4) is 0 Å². The topological polar surface area (TPSA) is 83.0 Å². The number of rotatable bonds is 6. The summed E-state index contributed by atoms with van der Waals surface area (Å²) in [6, 6.07) is 14.1. The number of thioether (sulfide) groups is 1. The normalized spacial score (nSPS) is 16.8. The molecule has 3 heterocycles. The van der Waals surface area contributed by atoms with Crippen LogP contribution in [-0.2, 0) is 11.3 Å². The van der Waals surface area contributed by atoms with Crippen LogP contribution in [0, 0.1) is 19.3 Å². The number of hydrazone groups is 1. The van der Waals surface area contributed by atoms with Crippen molar-refractivity contribution in [3.05, 3.63) is 70.9 Å². The molecule has 3 aromatic rings. The van der Waals surface area contributed by atoms with Crippen LogP contribution in [0.25, 0.3) is 17.0 Å². The van der Waals surface area contributed by atoms with Gasteiger partial charge in [-0.15, -0.1) is 0 Å². The van der Waals surface area contributed by atoms with Gasteiger partial charge in [-0.05, 0) is 67.4 Å². The number of aryl methyl sites for hydroxylation is 2. The molecule has 7 nitrogen and oxygen atoms in total. The third-order valence-corrected chi connectivity index (χ3v) is 7.05. The van der Waals surface area contributed by atoms with Crippen molar-refractivity contribution < 1.29 is 9.53 Å². The molecule has 0 saturated carbocycles. The first-order valence-electron chi connectivity index (χ1n) is 11.2. The molecule has 2 aliphatic rings. The maximum absolute atomic E-state index is 12.8. The number of amides is 1. The van der Waals surface area contributed by atoms with Gasteiger partial charge in [-0.3, -0.25) is 10.2 Å². The Hall–Kier alpha value is -3.65. The lowest BCUT2D eigenvalue weighted by Crippen LogP contribution is -2.35. The second-order valence-electron chi connectivity index (χ2n) is 8.26. The molecule has 0 radical (unpaired) electrons. The van der Waals surface area contributed by atoms with Gasteiger partial charge in [0.1, 0.15) is 17.4 Å². The number of nitrogens with one attached hydrogen (secondary N) is 1.